The van der Waals surface area contributed by atoms with Gasteiger partial charge in [-0.2, -0.15) is 0 Å². The van der Waals surface area contributed by atoms with E-state index in [1.54, 1.807) is 17.8 Å². The SMILES string of the molecule is CC(C)(C)c1cc(SC2CCCCC2O)ccc1O. The van der Waals surface area contributed by atoms with Crippen LogP contribution >= 0.6 is 11.8 Å². The Morgan fingerprint density at radius 2 is 1.84 bits per heavy atom. The minimum Gasteiger partial charge on any atom is -0.508 e. The number of benzene rings is 1. The van der Waals surface area contributed by atoms with Crippen LogP contribution in [0.25, 0.3) is 0 Å². The van der Waals surface area contributed by atoms with E-state index in [-0.39, 0.29) is 11.5 Å². The molecular weight excluding hydrogens is 256 g/mol. The average molecular weight is 280 g/mol. The lowest BCUT2D eigenvalue weighted by Gasteiger charge is -2.28. The van der Waals surface area contributed by atoms with Crippen molar-refractivity contribution >= 4 is 11.8 Å². The minimum atomic E-state index is -0.189. The first-order valence-corrected chi connectivity index (χ1v) is 7.94. The summed E-state index contributed by atoms with van der Waals surface area (Å²) in [5.74, 6) is 0.362. The molecule has 2 unspecified atom stereocenters. The van der Waals surface area contributed by atoms with Crippen molar-refractivity contribution < 1.29 is 10.2 Å². The van der Waals surface area contributed by atoms with Crippen LogP contribution in [0.4, 0.5) is 0 Å². The van der Waals surface area contributed by atoms with Gasteiger partial charge in [-0.05, 0) is 36.5 Å². The Labute approximate surface area is 120 Å². The summed E-state index contributed by atoms with van der Waals surface area (Å²) in [6.07, 6.45) is 4.16. The molecule has 0 aromatic heterocycles. The van der Waals surface area contributed by atoms with Gasteiger partial charge in [0.25, 0.3) is 0 Å². The zero-order chi connectivity index (χ0) is 14.0. The van der Waals surface area contributed by atoms with E-state index in [9.17, 15) is 10.2 Å². The summed E-state index contributed by atoms with van der Waals surface area (Å²) in [6, 6.07) is 5.80. The molecule has 0 saturated heterocycles. The lowest BCUT2D eigenvalue weighted by atomic mass is 9.86. The van der Waals surface area contributed by atoms with Crippen LogP contribution < -0.4 is 0 Å². The largest absolute Gasteiger partial charge is 0.508 e. The molecule has 3 heteroatoms. The molecule has 106 valence electrons. The van der Waals surface area contributed by atoms with Gasteiger partial charge in [-0.1, -0.05) is 33.6 Å². The quantitative estimate of drug-likeness (QED) is 0.857. The maximum absolute atomic E-state index is 10.0. The molecule has 1 aromatic carbocycles. The lowest BCUT2D eigenvalue weighted by molar-refractivity contribution is 0.137. The van der Waals surface area contributed by atoms with Gasteiger partial charge < -0.3 is 10.2 Å². The van der Waals surface area contributed by atoms with E-state index in [4.69, 9.17) is 0 Å². The second-order valence-electron chi connectivity index (χ2n) is 6.44. The number of aliphatic hydroxyl groups excluding tert-OH is 1. The van der Waals surface area contributed by atoms with Crippen molar-refractivity contribution in [1.82, 2.24) is 0 Å². The number of thioether (sulfide) groups is 1. The van der Waals surface area contributed by atoms with Crippen LogP contribution in [-0.4, -0.2) is 21.6 Å². The van der Waals surface area contributed by atoms with Gasteiger partial charge in [-0.25, -0.2) is 0 Å². The Bertz CT molecular complexity index is 437. The molecule has 2 nitrogen and oxygen atoms in total. The molecule has 2 N–H and O–H groups in total. The fourth-order valence-electron chi connectivity index (χ4n) is 2.58. The van der Waals surface area contributed by atoms with Crippen molar-refractivity contribution in [3.8, 4) is 5.75 Å². The van der Waals surface area contributed by atoms with Gasteiger partial charge in [-0.3, -0.25) is 0 Å². The number of hydrogen-bond acceptors (Lipinski definition) is 3. The average Bonchev–Trinajstić information content (AvgIpc) is 2.33. The molecule has 0 radical (unpaired) electrons. The van der Waals surface area contributed by atoms with Gasteiger partial charge in [0, 0.05) is 15.7 Å². The summed E-state index contributed by atoms with van der Waals surface area (Å²) in [5.41, 5.74) is 0.911. The van der Waals surface area contributed by atoms with Crippen LogP contribution in [0, 0.1) is 0 Å². The Morgan fingerprint density at radius 3 is 2.47 bits per heavy atom. The van der Waals surface area contributed by atoms with Crippen LogP contribution in [-0.2, 0) is 5.41 Å². The Kier molecular flexibility index (Phi) is 4.46. The Balaban J connectivity index is 2.17. The number of phenolic OH excluding ortho intramolecular Hbond substituents is 1. The first kappa shape index (κ1) is 14.7. The summed E-state index contributed by atoms with van der Waals surface area (Å²) < 4.78 is 0. The molecule has 0 spiro atoms. The van der Waals surface area contributed by atoms with Crippen molar-refractivity contribution in [2.45, 2.75) is 68.1 Å². The van der Waals surface area contributed by atoms with E-state index >= 15 is 0 Å². The molecule has 2 atom stereocenters. The molecular formula is C16H24O2S. The maximum Gasteiger partial charge on any atom is 0.119 e. The molecule has 0 heterocycles. The predicted molar refractivity (Wildman–Crippen MR) is 80.9 cm³/mol. The molecule has 0 aliphatic heterocycles. The minimum absolute atomic E-state index is 0.0637. The fourth-order valence-corrected chi connectivity index (χ4v) is 3.84. The summed E-state index contributed by atoms with van der Waals surface area (Å²) in [5, 5.41) is 20.3. The monoisotopic (exact) mass is 280 g/mol. The van der Waals surface area contributed by atoms with Crippen molar-refractivity contribution in [3.63, 3.8) is 0 Å². The van der Waals surface area contributed by atoms with Crippen LogP contribution in [0.3, 0.4) is 0 Å². The molecule has 1 aliphatic carbocycles. The van der Waals surface area contributed by atoms with Gasteiger partial charge in [0.2, 0.25) is 0 Å². The summed E-state index contributed by atoms with van der Waals surface area (Å²) in [4.78, 5) is 1.15. The van der Waals surface area contributed by atoms with Crippen LogP contribution in [0.2, 0.25) is 0 Å². The molecule has 1 saturated carbocycles. The van der Waals surface area contributed by atoms with Crippen LogP contribution in [0.15, 0.2) is 23.1 Å². The highest BCUT2D eigenvalue weighted by Crippen LogP contribution is 2.38. The van der Waals surface area contributed by atoms with E-state index in [2.05, 4.69) is 26.8 Å². The number of aromatic hydroxyl groups is 1. The molecule has 0 amide bonds. The van der Waals surface area contributed by atoms with E-state index in [1.165, 1.54) is 6.42 Å². The Morgan fingerprint density at radius 1 is 1.16 bits per heavy atom. The smallest absolute Gasteiger partial charge is 0.119 e. The van der Waals surface area contributed by atoms with Gasteiger partial charge in [0.1, 0.15) is 5.75 Å². The summed E-state index contributed by atoms with van der Waals surface area (Å²) >= 11 is 1.75. The third-order valence-electron chi connectivity index (χ3n) is 3.73. The second kappa shape index (κ2) is 5.76. The second-order valence-corrected chi connectivity index (χ2v) is 7.75. The Hall–Kier alpha value is -0.670. The molecule has 0 bridgehead atoms. The van der Waals surface area contributed by atoms with Gasteiger partial charge >= 0.3 is 0 Å². The molecule has 1 fully saturated rings. The van der Waals surface area contributed by atoms with Gasteiger partial charge in [0.05, 0.1) is 6.10 Å². The number of phenols is 1. The van der Waals surface area contributed by atoms with Crippen LogP contribution in [0.5, 0.6) is 5.75 Å². The molecule has 1 aromatic rings. The van der Waals surface area contributed by atoms with Crippen molar-refractivity contribution in [3.05, 3.63) is 23.8 Å². The fraction of sp³-hybridized carbons (Fsp3) is 0.625. The first-order chi connectivity index (χ1) is 8.88. The highest BCUT2D eigenvalue weighted by atomic mass is 32.2. The zero-order valence-corrected chi connectivity index (χ0v) is 12.8. The lowest BCUT2D eigenvalue weighted by Crippen LogP contribution is -2.26. The highest BCUT2D eigenvalue weighted by molar-refractivity contribution is 8.00. The van der Waals surface area contributed by atoms with E-state index in [1.807, 2.05) is 6.07 Å². The third-order valence-corrected chi connectivity index (χ3v) is 5.11. The third kappa shape index (κ3) is 3.67. The molecule has 1 aliphatic rings. The number of hydrogen-bond donors (Lipinski definition) is 2. The maximum atomic E-state index is 10.0. The zero-order valence-electron chi connectivity index (χ0n) is 12.0. The standard InChI is InChI=1S/C16H24O2S/c1-16(2,3)12-10-11(8-9-13(12)17)19-15-7-5-4-6-14(15)18/h8-10,14-15,17-18H,4-7H2,1-3H3. The van der Waals surface area contributed by atoms with E-state index in [0.29, 0.717) is 11.0 Å². The van der Waals surface area contributed by atoms with E-state index in [0.717, 1.165) is 29.7 Å². The molecule has 2 rings (SSSR count). The van der Waals surface area contributed by atoms with Crippen molar-refractivity contribution in [1.29, 1.82) is 0 Å². The van der Waals surface area contributed by atoms with Gasteiger partial charge in [0.15, 0.2) is 0 Å². The normalized spacial score (nSPS) is 24.4. The van der Waals surface area contributed by atoms with Crippen molar-refractivity contribution in [2.75, 3.05) is 0 Å². The number of rotatable bonds is 2. The van der Waals surface area contributed by atoms with Crippen LogP contribution in [0.1, 0.15) is 52.0 Å². The summed E-state index contributed by atoms with van der Waals surface area (Å²) in [6.45, 7) is 6.31. The van der Waals surface area contributed by atoms with E-state index < -0.39 is 0 Å². The topological polar surface area (TPSA) is 40.5 Å². The summed E-state index contributed by atoms with van der Waals surface area (Å²) in [7, 11) is 0. The van der Waals surface area contributed by atoms with Gasteiger partial charge in [-0.15, -0.1) is 11.8 Å². The number of aliphatic hydroxyl groups is 1. The molecule has 19 heavy (non-hydrogen) atoms. The predicted octanol–water partition coefficient (Wildman–Crippen LogP) is 4.09. The highest BCUT2D eigenvalue weighted by Gasteiger charge is 2.25. The van der Waals surface area contributed by atoms with Crippen molar-refractivity contribution in [2.24, 2.45) is 0 Å². The first-order valence-electron chi connectivity index (χ1n) is 7.06.